The zero-order valence-corrected chi connectivity index (χ0v) is 12.6. The van der Waals surface area contributed by atoms with E-state index in [1.54, 1.807) is 4.90 Å². The highest BCUT2D eigenvalue weighted by atomic mass is 16.5. The highest BCUT2D eigenvalue weighted by Crippen LogP contribution is 2.12. The van der Waals surface area contributed by atoms with Crippen molar-refractivity contribution in [2.75, 3.05) is 39.9 Å². The SMILES string of the molecule is COC(=O)NC1CCN(C(=O)CCOC2CCNCC2)C1. The van der Waals surface area contributed by atoms with Gasteiger partial charge in [-0.1, -0.05) is 0 Å². The molecular weight excluding hydrogens is 274 g/mol. The number of hydrogen-bond donors (Lipinski definition) is 2. The smallest absolute Gasteiger partial charge is 0.407 e. The van der Waals surface area contributed by atoms with E-state index < -0.39 is 6.09 Å². The number of nitrogens with one attached hydrogen (secondary N) is 2. The first kappa shape index (κ1) is 16.0. The third kappa shape index (κ3) is 5.17. The van der Waals surface area contributed by atoms with Gasteiger partial charge in [-0.05, 0) is 32.4 Å². The summed E-state index contributed by atoms with van der Waals surface area (Å²) in [6, 6.07) is -0.00765. The number of piperidine rings is 1. The molecule has 0 radical (unpaired) electrons. The second kappa shape index (κ2) is 8.19. The number of alkyl carbamates (subject to hydrolysis) is 1. The van der Waals surface area contributed by atoms with Gasteiger partial charge in [0.1, 0.15) is 0 Å². The minimum absolute atomic E-state index is 0.00765. The van der Waals surface area contributed by atoms with Crippen LogP contribution >= 0.6 is 0 Å². The van der Waals surface area contributed by atoms with Gasteiger partial charge >= 0.3 is 6.09 Å². The topological polar surface area (TPSA) is 79.9 Å². The molecule has 2 amide bonds. The quantitative estimate of drug-likeness (QED) is 0.753. The molecule has 2 aliphatic heterocycles. The molecule has 2 aliphatic rings. The van der Waals surface area contributed by atoms with Gasteiger partial charge in [0.2, 0.25) is 5.91 Å². The molecule has 2 fully saturated rings. The summed E-state index contributed by atoms with van der Waals surface area (Å²) >= 11 is 0. The van der Waals surface area contributed by atoms with Gasteiger partial charge in [0.15, 0.2) is 0 Å². The Kier molecular flexibility index (Phi) is 6.25. The second-order valence-electron chi connectivity index (χ2n) is 5.53. The first-order chi connectivity index (χ1) is 10.2. The Hall–Kier alpha value is -1.34. The van der Waals surface area contributed by atoms with Crippen molar-refractivity contribution in [2.45, 2.75) is 37.8 Å². The standard InChI is InChI=1S/C14H25N3O4/c1-20-14(19)16-11-4-8-17(10-11)13(18)5-9-21-12-2-6-15-7-3-12/h11-12,15H,2-10H2,1H3,(H,16,19). The van der Waals surface area contributed by atoms with Gasteiger partial charge in [-0.3, -0.25) is 4.79 Å². The number of methoxy groups -OCH3 is 1. The third-order valence-corrected chi connectivity index (χ3v) is 4.00. The first-order valence-electron chi connectivity index (χ1n) is 7.63. The number of ether oxygens (including phenoxy) is 2. The van der Waals surface area contributed by atoms with Crippen LogP contribution in [-0.2, 0) is 14.3 Å². The molecule has 1 unspecified atom stereocenters. The molecular formula is C14H25N3O4. The molecule has 120 valence electrons. The van der Waals surface area contributed by atoms with E-state index in [2.05, 4.69) is 15.4 Å². The zero-order chi connectivity index (χ0) is 15.1. The number of nitrogens with zero attached hydrogens (tertiary/aromatic N) is 1. The van der Waals surface area contributed by atoms with Gasteiger partial charge in [0, 0.05) is 13.1 Å². The van der Waals surface area contributed by atoms with E-state index >= 15 is 0 Å². The van der Waals surface area contributed by atoms with Crippen molar-refractivity contribution in [1.82, 2.24) is 15.5 Å². The predicted octanol–water partition coefficient (Wildman–Crippen LogP) is 0.102. The summed E-state index contributed by atoms with van der Waals surface area (Å²) in [6.45, 7) is 3.70. The summed E-state index contributed by atoms with van der Waals surface area (Å²) in [5.41, 5.74) is 0. The largest absolute Gasteiger partial charge is 0.453 e. The van der Waals surface area contributed by atoms with E-state index in [4.69, 9.17) is 4.74 Å². The molecule has 21 heavy (non-hydrogen) atoms. The summed E-state index contributed by atoms with van der Waals surface area (Å²) in [5, 5.41) is 6.01. The van der Waals surface area contributed by atoms with Crippen LogP contribution < -0.4 is 10.6 Å². The Morgan fingerprint density at radius 2 is 2.05 bits per heavy atom. The van der Waals surface area contributed by atoms with Crippen molar-refractivity contribution in [1.29, 1.82) is 0 Å². The van der Waals surface area contributed by atoms with Crippen LogP contribution in [0.5, 0.6) is 0 Å². The molecule has 7 heteroatoms. The van der Waals surface area contributed by atoms with Crippen LogP contribution in [0.2, 0.25) is 0 Å². The summed E-state index contributed by atoms with van der Waals surface area (Å²) in [7, 11) is 1.34. The second-order valence-corrected chi connectivity index (χ2v) is 5.53. The fourth-order valence-electron chi connectivity index (χ4n) is 2.76. The Morgan fingerprint density at radius 3 is 2.76 bits per heavy atom. The average Bonchev–Trinajstić information content (AvgIpc) is 2.96. The lowest BCUT2D eigenvalue weighted by molar-refractivity contribution is -0.131. The van der Waals surface area contributed by atoms with Crippen LogP contribution in [0, 0.1) is 0 Å². The van der Waals surface area contributed by atoms with E-state index in [0.717, 1.165) is 32.4 Å². The van der Waals surface area contributed by atoms with Crippen LogP contribution in [0.25, 0.3) is 0 Å². The van der Waals surface area contributed by atoms with Gasteiger partial charge in [0.25, 0.3) is 0 Å². The van der Waals surface area contributed by atoms with Crippen molar-refractivity contribution in [2.24, 2.45) is 0 Å². The highest BCUT2D eigenvalue weighted by Gasteiger charge is 2.27. The molecule has 0 aliphatic carbocycles. The average molecular weight is 299 g/mol. The normalized spacial score (nSPS) is 23.1. The molecule has 2 saturated heterocycles. The van der Waals surface area contributed by atoms with Crippen molar-refractivity contribution >= 4 is 12.0 Å². The lowest BCUT2D eigenvalue weighted by Crippen LogP contribution is -2.38. The van der Waals surface area contributed by atoms with Crippen molar-refractivity contribution < 1.29 is 19.1 Å². The van der Waals surface area contributed by atoms with E-state index in [0.29, 0.717) is 26.1 Å². The summed E-state index contributed by atoms with van der Waals surface area (Å²) in [5.74, 6) is 0.0955. The molecule has 0 saturated carbocycles. The zero-order valence-electron chi connectivity index (χ0n) is 12.6. The predicted molar refractivity (Wildman–Crippen MR) is 77.0 cm³/mol. The van der Waals surface area contributed by atoms with Crippen LogP contribution in [0.1, 0.15) is 25.7 Å². The maximum Gasteiger partial charge on any atom is 0.407 e. The lowest BCUT2D eigenvalue weighted by Gasteiger charge is -2.23. The van der Waals surface area contributed by atoms with E-state index in [1.807, 2.05) is 0 Å². The van der Waals surface area contributed by atoms with E-state index in [9.17, 15) is 9.59 Å². The number of carbonyl (C=O) groups excluding carboxylic acids is 2. The molecule has 0 aromatic heterocycles. The number of amides is 2. The Bertz CT molecular complexity index is 358. The van der Waals surface area contributed by atoms with Crippen molar-refractivity contribution in [3.8, 4) is 0 Å². The minimum Gasteiger partial charge on any atom is -0.453 e. The summed E-state index contributed by atoms with van der Waals surface area (Å²) < 4.78 is 10.3. The van der Waals surface area contributed by atoms with Crippen molar-refractivity contribution in [3.63, 3.8) is 0 Å². The first-order valence-corrected chi connectivity index (χ1v) is 7.63. The molecule has 7 nitrogen and oxygen atoms in total. The molecule has 2 N–H and O–H groups in total. The molecule has 2 rings (SSSR count). The molecule has 2 heterocycles. The fraction of sp³-hybridized carbons (Fsp3) is 0.857. The minimum atomic E-state index is -0.441. The number of rotatable bonds is 5. The maximum absolute atomic E-state index is 12.1. The summed E-state index contributed by atoms with van der Waals surface area (Å²) in [4.78, 5) is 25.0. The third-order valence-electron chi connectivity index (χ3n) is 4.00. The Labute approximate surface area is 125 Å². The van der Waals surface area contributed by atoms with Crippen molar-refractivity contribution in [3.05, 3.63) is 0 Å². The van der Waals surface area contributed by atoms with Crippen LogP contribution in [0.4, 0.5) is 4.79 Å². The van der Waals surface area contributed by atoms with Gasteiger partial charge in [-0.2, -0.15) is 0 Å². The highest BCUT2D eigenvalue weighted by molar-refractivity contribution is 5.77. The fourth-order valence-corrected chi connectivity index (χ4v) is 2.76. The number of hydrogen-bond acceptors (Lipinski definition) is 5. The molecule has 0 bridgehead atoms. The van der Waals surface area contributed by atoms with Gasteiger partial charge in [0.05, 0.1) is 32.3 Å². The molecule has 0 aromatic carbocycles. The monoisotopic (exact) mass is 299 g/mol. The molecule has 0 spiro atoms. The van der Waals surface area contributed by atoms with E-state index in [-0.39, 0.29) is 18.1 Å². The Morgan fingerprint density at radius 1 is 1.29 bits per heavy atom. The maximum atomic E-state index is 12.1. The van der Waals surface area contributed by atoms with E-state index in [1.165, 1.54) is 7.11 Å². The van der Waals surface area contributed by atoms with Gasteiger partial charge < -0.3 is 25.0 Å². The van der Waals surface area contributed by atoms with Crippen LogP contribution in [0.3, 0.4) is 0 Å². The summed E-state index contributed by atoms with van der Waals surface area (Å²) in [6.07, 6.45) is 3.06. The Balaban J connectivity index is 1.61. The number of carbonyl (C=O) groups is 2. The number of likely N-dealkylation sites (tertiary alicyclic amines) is 1. The van der Waals surface area contributed by atoms with Gasteiger partial charge in [-0.25, -0.2) is 4.79 Å². The van der Waals surface area contributed by atoms with Gasteiger partial charge in [-0.15, -0.1) is 0 Å². The lowest BCUT2D eigenvalue weighted by atomic mass is 10.1. The van der Waals surface area contributed by atoms with Crippen LogP contribution in [0.15, 0.2) is 0 Å². The molecule has 0 aromatic rings. The van der Waals surface area contributed by atoms with Crippen LogP contribution in [-0.4, -0.2) is 68.9 Å². The molecule has 1 atom stereocenters.